The number of hydrogen-bond donors (Lipinski definition) is 3. The van der Waals surface area contributed by atoms with Gasteiger partial charge in [0.15, 0.2) is 12.2 Å². The van der Waals surface area contributed by atoms with Crippen LogP contribution in [-0.4, -0.2) is 96.7 Å². The highest BCUT2D eigenvalue weighted by molar-refractivity contribution is 7.47. The predicted molar refractivity (Wildman–Crippen MR) is 437 cm³/mol. The van der Waals surface area contributed by atoms with Gasteiger partial charge in [-0.25, -0.2) is 9.13 Å². The first-order chi connectivity index (χ1) is 51.4. The summed E-state index contributed by atoms with van der Waals surface area (Å²) >= 11 is 0. The largest absolute Gasteiger partial charge is 0.472 e. The lowest BCUT2D eigenvalue weighted by molar-refractivity contribution is -0.161. The van der Waals surface area contributed by atoms with E-state index in [1.54, 1.807) is 0 Å². The van der Waals surface area contributed by atoms with Crippen molar-refractivity contribution in [1.82, 2.24) is 0 Å². The number of hydrogen-bond acceptors (Lipinski definition) is 15. The van der Waals surface area contributed by atoms with E-state index < -0.39 is 97.5 Å². The standard InChI is InChI=1S/C87H170O17P2/c1-7-11-13-15-17-18-19-20-29-37-42-47-53-59-65-71-86(91)103-82(75-97-84(89)69-63-57-49-16-14-12-8-2)77-101-105(93,94)99-73-81(88)74-100-106(95,96)102-78-83(104-87(92)72-66-60-54-48-43-38-33-28-24-22-26-31-35-40-45-51-56-62-68-80(6)10-4)76-98-85(90)70-64-58-52-46-41-36-32-27-23-21-25-30-34-39-44-50-55-61-67-79(5)9-3/h79-83,88H,7-78H2,1-6H3,(H,93,94)(H,95,96)/t79?,80?,81-,82+,83+/m0/s1. The molecule has 17 nitrogen and oxygen atoms in total. The molecule has 106 heavy (non-hydrogen) atoms. The minimum atomic E-state index is -4.97. The molecule has 0 aromatic carbocycles. The monoisotopic (exact) mass is 1550 g/mol. The number of phosphoric acid groups is 2. The van der Waals surface area contributed by atoms with E-state index in [1.165, 1.54) is 270 Å². The molecule has 630 valence electrons. The molecule has 4 unspecified atom stereocenters. The number of carbonyl (C=O) groups excluding carboxylic acids is 4. The molecule has 0 saturated carbocycles. The van der Waals surface area contributed by atoms with Gasteiger partial charge < -0.3 is 33.8 Å². The van der Waals surface area contributed by atoms with Crippen LogP contribution in [-0.2, 0) is 65.4 Å². The molecule has 0 aliphatic carbocycles. The maximum Gasteiger partial charge on any atom is 0.472 e. The van der Waals surface area contributed by atoms with Crippen molar-refractivity contribution in [3.8, 4) is 0 Å². The Bertz CT molecular complexity index is 2030. The maximum absolute atomic E-state index is 13.2. The van der Waals surface area contributed by atoms with Crippen LogP contribution in [0.4, 0.5) is 0 Å². The van der Waals surface area contributed by atoms with Crippen molar-refractivity contribution < 1.29 is 80.2 Å². The van der Waals surface area contributed by atoms with Crippen LogP contribution in [0.15, 0.2) is 0 Å². The van der Waals surface area contributed by atoms with Gasteiger partial charge in [-0.1, -0.05) is 414 Å². The molecule has 0 amide bonds. The van der Waals surface area contributed by atoms with Gasteiger partial charge in [-0.2, -0.15) is 0 Å². The van der Waals surface area contributed by atoms with Crippen molar-refractivity contribution in [2.45, 2.75) is 484 Å². The van der Waals surface area contributed by atoms with Crippen LogP contribution < -0.4 is 0 Å². The fourth-order valence-corrected chi connectivity index (χ4v) is 15.1. The number of ether oxygens (including phenoxy) is 4. The Morgan fingerprint density at radius 2 is 0.453 bits per heavy atom. The quantitative estimate of drug-likeness (QED) is 0.0222. The average Bonchev–Trinajstić information content (AvgIpc) is 0.900. The Morgan fingerprint density at radius 3 is 0.670 bits per heavy atom. The Morgan fingerprint density at radius 1 is 0.264 bits per heavy atom. The van der Waals surface area contributed by atoms with Crippen molar-refractivity contribution in [3.63, 3.8) is 0 Å². The van der Waals surface area contributed by atoms with E-state index in [1.807, 2.05) is 0 Å². The maximum atomic E-state index is 13.2. The van der Waals surface area contributed by atoms with Gasteiger partial charge in [-0.05, 0) is 37.5 Å². The van der Waals surface area contributed by atoms with Crippen LogP contribution in [0.5, 0.6) is 0 Å². The zero-order valence-corrected chi connectivity index (χ0v) is 71.5. The summed E-state index contributed by atoms with van der Waals surface area (Å²) in [6.07, 6.45) is 71.0. The van der Waals surface area contributed by atoms with Crippen LogP contribution in [0.25, 0.3) is 0 Å². The van der Waals surface area contributed by atoms with E-state index in [-0.39, 0.29) is 25.7 Å². The molecule has 0 aromatic rings. The molecule has 0 heterocycles. The van der Waals surface area contributed by atoms with Gasteiger partial charge in [-0.3, -0.25) is 37.3 Å². The Balaban J connectivity index is 5.15. The lowest BCUT2D eigenvalue weighted by atomic mass is 9.99. The number of rotatable bonds is 86. The number of unbranched alkanes of at least 4 members (excludes halogenated alkanes) is 54. The molecule has 0 fully saturated rings. The molecule has 0 aromatic heterocycles. The zero-order chi connectivity index (χ0) is 77.8. The SMILES string of the molecule is CCCCCCCCCCCCCCCCCC(=O)O[C@H](COC(=O)CCCCCCCCC)COP(=O)(O)OC[C@H](O)COP(=O)(O)OC[C@@H](COC(=O)CCCCCCCCCCCCCCCCCCCCC(C)CC)OC(=O)CCCCCCCCCCCCCCCCCCCCC(C)CC. The molecule has 0 saturated heterocycles. The summed E-state index contributed by atoms with van der Waals surface area (Å²) in [5.74, 6) is -0.361. The Kier molecular flexibility index (Phi) is 76.9. The van der Waals surface area contributed by atoms with Crippen molar-refractivity contribution in [2.24, 2.45) is 11.8 Å². The first kappa shape index (κ1) is 104. The molecule has 0 bridgehead atoms. The molecular formula is C87H170O17P2. The topological polar surface area (TPSA) is 237 Å². The van der Waals surface area contributed by atoms with E-state index >= 15 is 0 Å². The number of aliphatic hydroxyl groups excluding tert-OH is 1. The van der Waals surface area contributed by atoms with E-state index in [0.29, 0.717) is 25.7 Å². The van der Waals surface area contributed by atoms with E-state index in [4.69, 9.17) is 37.0 Å². The highest BCUT2D eigenvalue weighted by Gasteiger charge is 2.30. The van der Waals surface area contributed by atoms with Crippen molar-refractivity contribution in [1.29, 1.82) is 0 Å². The van der Waals surface area contributed by atoms with Crippen molar-refractivity contribution >= 4 is 39.5 Å². The Hall–Kier alpha value is -1.94. The van der Waals surface area contributed by atoms with Crippen LogP contribution >= 0.6 is 15.6 Å². The van der Waals surface area contributed by atoms with Gasteiger partial charge in [-0.15, -0.1) is 0 Å². The fraction of sp³-hybridized carbons (Fsp3) is 0.954. The molecule has 0 rings (SSSR count). The van der Waals surface area contributed by atoms with Gasteiger partial charge in [0.25, 0.3) is 0 Å². The summed E-state index contributed by atoms with van der Waals surface area (Å²) in [6, 6.07) is 0. The molecule has 7 atom stereocenters. The second-order valence-corrected chi connectivity index (χ2v) is 34.7. The van der Waals surface area contributed by atoms with E-state index in [2.05, 4.69) is 41.5 Å². The highest BCUT2D eigenvalue weighted by Crippen LogP contribution is 2.45. The molecule has 0 aliphatic rings. The van der Waals surface area contributed by atoms with E-state index in [9.17, 15) is 43.2 Å². The normalized spacial score (nSPS) is 14.3. The predicted octanol–water partition coefficient (Wildman–Crippen LogP) is 26.6. The zero-order valence-electron chi connectivity index (χ0n) is 69.7. The molecule has 0 aliphatic heterocycles. The summed E-state index contributed by atoms with van der Waals surface area (Å²) < 4.78 is 68.8. The van der Waals surface area contributed by atoms with Gasteiger partial charge in [0.2, 0.25) is 0 Å². The smallest absolute Gasteiger partial charge is 0.462 e. The number of carbonyl (C=O) groups is 4. The third-order valence-electron chi connectivity index (χ3n) is 21.2. The molecular weight excluding hydrogens is 1380 g/mol. The third kappa shape index (κ3) is 77.4. The number of phosphoric ester groups is 2. The van der Waals surface area contributed by atoms with Crippen molar-refractivity contribution in [3.05, 3.63) is 0 Å². The van der Waals surface area contributed by atoms with Gasteiger partial charge in [0.05, 0.1) is 26.4 Å². The van der Waals surface area contributed by atoms with Crippen LogP contribution in [0.2, 0.25) is 0 Å². The van der Waals surface area contributed by atoms with E-state index in [0.717, 1.165) is 115 Å². The molecule has 0 radical (unpaired) electrons. The second-order valence-electron chi connectivity index (χ2n) is 31.8. The summed E-state index contributed by atoms with van der Waals surface area (Å²) in [5.41, 5.74) is 0. The number of esters is 4. The summed E-state index contributed by atoms with van der Waals surface area (Å²) in [4.78, 5) is 73.1. The first-order valence-corrected chi connectivity index (χ1v) is 48.1. The summed E-state index contributed by atoms with van der Waals surface area (Å²) in [5, 5.41) is 10.7. The number of aliphatic hydroxyl groups is 1. The second kappa shape index (κ2) is 78.3. The lowest BCUT2D eigenvalue weighted by Gasteiger charge is -2.21. The molecule has 3 N–H and O–H groups in total. The van der Waals surface area contributed by atoms with Crippen LogP contribution in [0.1, 0.15) is 465 Å². The van der Waals surface area contributed by atoms with Crippen LogP contribution in [0.3, 0.4) is 0 Å². The lowest BCUT2D eigenvalue weighted by Crippen LogP contribution is -2.30. The fourth-order valence-electron chi connectivity index (χ4n) is 13.5. The van der Waals surface area contributed by atoms with Gasteiger partial charge in [0.1, 0.15) is 19.3 Å². The highest BCUT2D eigenvalue weighted by atomic mass is 31.2. The van der Waals surface area contributed by atoms with Gasteiger partial charge >= 0.3 is 39.5 Å². The van der Waals surface area contributed by atoms with Gasteiger partial charge in [0, 0.05) is 25.7 Å². The third-order valence-corrected chi connectivity index (χ3v) is 23.1. The average molecular weight is 1550 g/mol. The first-order valence-electron chi connectivity index (χ1n) is 45.1. The summed E-state index contributed by atoms with van der Waals surface area (Å²) in [7, 11) is -9.92. The van der Waals surface area contributed by atoms with Crippen LogP contribution in [0, 0.1) is 11.8 Å². The molecule has 0 spiro atoms. The minimum Gasteiger partial charge on any atom is -0.462 e. The minimum absolute atomic E-state index is 0.108. The molecule has 19 heteroatoms. The van der Waals surface area contributed by atoms with Crippen molar-refractivity contribution in [2.75, 3.05) is 39.6 Å². The summed E-state index contributed by atoms with van der Waals surface area (Å²) in [6.45, 7) is 9.77. The Labute approximate surface area is 651 Å².